The minimum absolute atomic E-state index is 0.0363. The van der Waals surface area contributed by atoms with Gasteiger partial charge in [0.25, 0.3) is 5.91 Å². The highest BCUT2D eigenvalue weighted by atomic mass is 16.2. The fraction of sp³-hybridized carbons (Fsp3) is 0.647. The standard InChI is InChI=1S/C17H27N3O/c1-4-11-18-16-10-6-9-15(19-16)17(21)20(3)14-8-5-7-13(2)12-14/h6,9-10,13-14H,4-5,7-8,11-12H2,1-3H3,(H,18,19). The summed E-state index contributed by atoms with van der Waals surface area (Å²) < 4.78 is 0. The smallest absolute Gasteiger partial charge is 0.272 e. The van der Waals surface area contributed by atoms with Gasteiger partial charge in [0.15, 0.2) is 0 Å². The average Bonchev–Trinajstić information content (AvgIpc) is 2.51. The molecule has 0 bridgehead atoms. The maximum atomic E-state index is 12.6. The number of pyridine rings is 1. The van der Waals surface area contributed by atoms with E-state index in [0.717, 1.165) is 31.6 Å². The zero-order valence-corrected chi connectivity index (χ0v) is 13.4. The van der Waals surface area contributed by atoms with Crippen molar-refractivity contribution >= 4 is 11.7 Å². The molecule has 0 saturated heterocycles. The number of anilines is 1. The van der Waals surface area contributed by atoms with Crippen LogP contribution in [0.1, 0.15) is 56.4 Å². The highest BCUT2D eigenvalue weighted by Gasteiger charge is 2.26. The highest BCUT2D eigenvalue weighted by molar-refractivity contribution is 5.92. The molecule has 4 heteroatoms. The predicted molar refractivity (Wildman–Crippen MR) is 86.5 cm³/mol. The fourth-order valence-electron chi connectivity index (χ4n) is 3.01. The first-order valence-corrected chi connectivity index (χ1v) is 8.10. The summed E-state index contributed by atoms with van der Waals surface area (Å²) in [5.41, 5.74) is 0.539. The molecule has 0 radical (unpaired) electrons. The van der Waals surface area contributed by atoms with E-state index >= 15 is 0 Å². The summed E-state index contributed by atoms with van der Waals surface area (Å²) in [6, 6.07) is 5.97. The lowest BCUT2D eigenvalue weighted by Crippen LogP contribution is -2.40. The molecule has 1 aliphatic rings. The van der Waals surface area contributed by atoms with Gasteiger partial charge in [-0.05, 0) is 37.3 Å². The molecule has 1 aliphatic carbocycles. The number of nitrogens with zero attached hydrogens (tertiary/aromatic N) is 2. The van der Waals surface area contributed by atoms with Crippen LogP contribution < -0.4 is 5.32 Å². The molecule has 1 saturated carbocycles. The van der Waals surface area contributed by atoms with Crippen LogP contribution in [0.15, 0.2) is 18.2 Å². The van der Waals surface area contributed by atoms with E-state index < -0.39 is 0 Å². The molecule has 0 aliphatic heterocycles. The van der Waals surface area contributed by atoms with Crippen molar-refractivity contribution in [2.24, 2.45) is 5.92 Å². The number of carbonyl (C=O) groups excluding carboxylic acids is 1. The Morgan fingerprint density at radius 2 is 2.24 bits per heavy atom. The summed E-state index contributed by atoms with van der Waals surface area (Å²) in [5.74, 6) is 1.53. The molecule has 2 rings (SSSR count). The zero-order chi connectivity index (χ0) is 15.2. The van der Waals surface area contributed by atoms with Crippen LogP contribution in [0.5, 0.6) is 0 Å². The molecule has 1 aromatic heterocycles. The number of nitrogens with one attached hydrogen (secondary N) is 1. The van der Waals surface area contributed by atoms with Gasteiger partial charge in [0, 0.05) is 19.6 Å². The number of carbonyl (C=O) groups is 1. The van der Waals surface area contributed by atoms with Crippen molar-refractivity contribution in [2.75, 3.05) is 18.9 Å². The van der Waals surface area contributed by atoms with E-state index in [0.29, 0.717) is 17.7 Å². The molecule has 116 valence electrons. The normalized spacial score (nSPS) is 21.9. The lowest BCUT2D eigenvalue weighted by atomic mass is 9.86. The van der Waals surface area contributed by atoms with Crippen molar-refractivity contribution in [3.63, 3.8) is 0 Å². The molecular formula is C17H27N3O. The Labute approximate surface area is 127 Å². The van der Waals surface area contributed by atoms with Crippen molar-refractivity contribution in [2.45, 2.75) is 52.0 Å². The highest BCUT2D eigenvalue weighted by Crippen LogP contribution is 2.27. The van der Waals surface area contributed by atoms with Crippen LogP contribution in [-0.2, 0) is 0 Å². The molecule has 1 fully saturated rings. The topological polar surface area (TPSA) is 45.2 Å². The van der Waals surface area contributed by atoms with E-state index in [1.54, 1.807) is 0 Å². The van der Waals surface area contributed by atoms with Crippen LogP contribution in [0, 0.1) is 5.92 Å². The zero-order valence-electron chi connectivity index (χ0n) is 13.4. The first kappa shape index (κ1) is 15.8. The van der Waals surface area contributed by atoms with Crippen LogP contribution in [-0.4, -0.2) is 35.4 Å². The number of rotatable bonds is 5. The van der Waals surface area contributed by atoms with Crippen molar-refractivity contribution in [3.8, 4) is 0 Å². The fourth-order valence-corrected chi connectivity index (χ4v) is 3.01. The molecule has 0 spiro atoms. The number of hydrogen-bond acceptors (Lipinski definition) is 3. The maximum Gasteiger partial charge on any atom is 0.272 e. The third-order valence-corrected chi connectivity index (χ3v) is 4.30. The van der Waals surface area contributed by atoms with Crippen molar-refractivity contribution in [1.82, 2.24) is 9.88 Å². The van der Waals surface area contributed by atoms with Crippen LogP contribution in [0.2, 0.25) is 0 Å². The first-order valence-electron chi connectivity index (χ1n) is 8.10. The van der Waals surface area contributed by atoms with E-state index in [9.17, 15) is 4.79 Å². The number of hydrogen-bond donors (Lipinski definition) is 1. The van der Waals surface area contributed by atoms with E-state index in [1.807, 2.05) is 30.1 Å². The van der Waals surface area contributed by atoms with Gasteiger partial charge in [0.2, 0.25) is 0 Å². The predicted octanol–water partition coefficient (Wildman–Crippen LogP) is 3.55. The molecule has 2 unspecified atom stereocenters. The quantitative estimate of drug-likeness (QED) is 0.901. The van der Waals surface area contributed by atoms with Crippen molar-refractivity contribution in [1.29, 1.82) is 0 Å². The molecule has 21 heavy (non-hydrogen) atoms. The summed E-state index contributed by atoms with van der Waals surface area (Å²) in [7, 11) is 1.92. The summed E-state index contributed by atoms with van der Waals surface area (Å²) in [4.78, 5) is 18.9. The second-order valence-corrected chi connectivity index (χ2v) is 6.18. The van der Waals surface area contributed by atoms with E-state index in [-0.39, 0.29) is 5.91 Å². The van der Waals surface area contributed by atoms with Crippen LogP contribution in [0.25, 0.3) is 0 Å². The molecular weight excluding hydrogens is 262 g/mol. The number of aromatic nitrogens is 1. The van der Waals surface area contributed by atoms with E-state index in [4.69, 9.17) is 0 Å². The number of amides is 1. The molecule has 0 aromatic carbocycles. The molecule has 1 aromatic rings. The molecule has 1 amide bonds. The SMILES string of the molecule is CCCNc1cccc(C(=O)N(C)C2CCCC(C)C2)n1. The third-order valence-electron chi connectivity index (χ3n) is 4.30. The Kier molecular flexibility index (Phi) is 5.59. The molecule has 1 N–H and O–H groups in total. The summed E-state index contributed by atoms with van der Waals surface area (Å²) in [6.45, 7) is 5.26. The average molecular weight is 289 g/mol. The molecule has 4 nitrogen and oxygen atoms in total. The van der Waals surface area contributed by atoms with Crippen LogP contribution in [0.4, 0.5) is 5.82 Å². The third kappa shape index (κ3) is 4.19. The van der Waals surface area contributed by atoms with E-state index in [2.05, 4.69) is 24.1 Å². The van der Waals surface area contributed by atoms with E-state index in [1.165, 1.54) is 12.8 Å². The molecule has 1 heterocycles. The summed E-state index contributed by atoms with van der Waals surface area (Å²) >= 11 is 0. The minimum Gasteiger partial charge on any atom is -0.370 e. The Balaban J connectivity index is 2.04. The van der Waals surface area contributed by atoms with Crippen LogP contribution in [0.3, 0.4) is 0 Å². The lowest BCUT2D eigenvalue weighted by Gasteiger charge is -2.34. The van der Waals surface area contributed by atoms with Gasteiger partial charge in [-0.25, -0.2) is 4.98 Å². The Hall–Kier alpha value is -1.58. The largest absolute Gasteiger partial charge is 0.370 e. The van der Waals surface area contributed by atoms with Crippen LogP contribution >= 0.6 is 0 Å². The van der Waals surface area contributed by atoms with Gasteiger partial charge in [-0.2, -0.15) is 0 Å². The Morgan fingerprint density at radius 1 is 1.43 bits per heavy atom. The summed E-state index contributed by atoms with van der Waals surface area (Å²) in [6.07, 6.45) is 5.76. The van der Waals surface area contributed by atoms with Crippen molar-refractivity contribution in [3.05, 3.63) is 23.9 Å². The van der Waals surface area contributed by atoms with Gasteiger partial charge in [-0.1, -0.05) is 32.8 Å². The van der Waals surface area contributed by atoms with Gasteiger partial charge in [-0.3, -0.25) is 4.79 Å². The monoisotopic (exact) mass is 289 g/mol. The van der Waals surface area contributed by atoms with Gasteiger partial charge in [0.05, 0.1) is 0 Å². The first-order chi connectivity index (χ1) is 10.1. The van der Waals surface area contributed by atoms with Crippen molar-refractivity contribution < 1.29 is 4.79 Å². The van der Waals surface area contributed by atoms with Gasteiger partial charge in [-0.15, -0.1) is 0 Å². The molecule has 2 atom stereocenters. The Bertz CT molecular complexity index is 475. The van der Waals surface area contributed by atoms with Gasteiger partial charge in [0.1, 0.15) is 11.5 Å². The Morgan fingerprint density at radius 3 is 2.95 bits per heavy atom. The maximum absolute atomic E-state index is 12.6. The lowest BCUT2D eigenvalue weighted by molar-refractivity contribution is 0.0666. The van der Waals surface area contributed by atoms with Gasteiger partial charge >= 0.3 is 0 Å². The van der Waals surface area contributed by atoms with Gasteiger partial charge < -0.3 is 10.2 Å². The summed E-state index contributed by atoms with van der Waals surface area (Å²) in [5, 5.41) is 3.23. The minimum atomic E-state index is 0.0363. The second-order valence-electron chi connectivity index (χ2n) is 6.18. The second kappa shape index (κ2) is 7.43.